The first-order chi connectivity index (χ1) is 13.2. The lowest BCUT2D eigenvalue weighted by molar-refractivity contribution is 0.255. The third-order valence-electron chi connectivity index (χ3n) is 4.94. The van der Waals surface area contributed by atoms with Crippen LogP contribution >= 0.6 is 0 Å². The van der Waals surface area contributed by atoms with Crippen molar-refractivity contribution >= 4 is 17.4 Å². The largest absolute Gasteiger partial charge is 0.326 e. The van der Waals surface area contributed by atoms with E-state index in [1.165, 1.54) is 11.1 Å². The molecule has 4 rings (SSSR count). The van der Waals surface area contributed by atoms with E-state index in [2.05, 4.69) is 35.5 Å². The monoisotopic (exact) mass is 360 g/mol. The summed E-state index contributed by atoms with van der Waals surface area (Å²) < 4.78 is 1.86. The fourth-order valence-electron chi connectivity index (χ4n) is 3.75. The molecule has 0 fully saturated rings. The Morgan fingerprint density at radius 3 is 2.74 bits per heavy atom. The van der Waals surface area contributed by atoms with Gasteiger partial charge >= 0.3 is 6.03 Å². The van der Waals surface area contributed by atoms with Crippen LogP contribution in [0.1, 0.15) is 24.5 Å². The molecule has 0 spiro atoms. The zero-order chi connectivity index (χ0) is 18.6. The molecule has 1 aromatic heterocycles. The van der Waals surface area contributed by atoms with Gasteiger partial charge in [0.05, 0.1) is 11.9 Å². The van der Waals surface area contributed by atoms with Crippen molar-refractivity contribution in [3.63, 3.8) is 0 Å². The molecule has 5 heteroatoms. The molecule has 1 unspecified atom stereocenters. The summed E-state index contributed by atoms with van der Waals surface area (Å²) in [6, 6.07) is 18.5. The van der Waals surface area contributed by atoms with Gasteiger partial charge in [-0.2, -0.15) is 5.10 Å². The Bertz CT molecular complexity index is 919. The molecule has 138 valence electrons. The lowest BCUT2D eigenvalue weighted by Crippen LogP contribution is -2.41. The number of carbonyl (C=O) groups is 1. The predicted octanol–water partition coefficient (Wildman–Crippen LogP) is 4.50. The molecule has 0 saturated carbocycles. The summed E-state index contributed by atoms with van der Waals surface area (Å²) in [4.78, 5) is 15.0. The number of rotatable bonds is 5. The molecule has 1 aliphatic heterocycles. The molecule has 0 aliphatic carbocycles. The second kappa shape index (κ2) is 7.66. The maximum Gasteiger partial charge on any atom is 0.326 e. The molecular weight excluding hydrogens is 336 g/mol. The lowest BCUT2D eigenvalue weighted by Gasteiger charge is -2.25. The van der Waals surface area contributed by atoms with E-state index < -0.39 is 0 Å². The van der Waals surface area contributed by atoms with Crippen LogP contribution in [-0.4, -0.2) is 21.9 Å². The maximum absolute atomic E-state index is 13.1. The number of nitrogens with zero attached hydrogens (tertiary/aromatic N) is 3. The van der Waals surface area contributed by atoms with Gasteiger partial charge in [0.25, 0.3) is 0 Å². The van der Waals surface area contributed by atoms with E-state index in [1.54, 1.807) is 6.20 Å². The molecule has 1 atom stereocenters. The van der Waals surface area contributed by atoms with Crippen LogP contribution in [0.15, 0.2) is 67.0 Å². The van der Waals surface area contributed by atoms with Crippen LogP contribution in [0.2, 0.25) is 0 Å². The molecule has 2 aromatic carbocycles. The van der Waals surface area contributed by atoms with E-state index in [1.807, 2.05) is 52.2 Å². The third-order valence-corrected chi connectivity index (χ3v) is 4.94. The van der Waals surface area contributed by atoms with Crippen LogP contribution in [0.5, 0.6) is 0 Å². The van der Waals surface area contributed by atoms with Gasteiger partial charge in [-0.3, -0.25) is 9.58 Å². The van der Waals surface area contributed by atoms with Gasteiger partial charge in [-0.1, -0.05) is 55.5 Å². The summed E-state index contributed by atoms with van der Waals surface area (Å²) in [5.74, 6) is 0. The number of urea groups is 1. The minimum atomic E-state index is -0.100. The van der Waals surface area contributed by atoms with Crippen molar-refractivity contribution in [1.29, 1.82) is 0 Å². The molecule has 2 amide bonds. The Labute approximate surface area is 159 Å². The van der Waals surface area contributed by atoms with Crippen molar-refractivity contribution in [3.05, 3.63) is 78.1 Å². The smallest absolute Gasteiger partial charge is 0.305 e. The molecule has 3 aromatic rings. The zero-order valence-corrected chi connectivity index (χ0v) is 15.5. The molecule has 0 bridgehead atoms. The first-order valence-electron chi connectivity index (χ1n) is 9.49. The van der Waals surface area contributed by atoms with Gasteiger partial charge < -0.3 is 5.32 Å². The Morgan fingerprint density at radius 1 is 1.15 bits per heavy atom. The van der Waals surface area contributed by atoms with Crippen LogP contribution in [0, 0.1) is 0 Å². The number of fused-ring (bicyclic) bond motifs is 1. The first kappa shape index (κ1) is 17.3. The predicted molar refractivity (Wildman–Crippen MR) is 108 cm³/mol. The van der Waals surface area contributed by atoms with E-state index in [9.17, 15) is 4.79 Å². The van der Waals surface area contributed by atoms with Gasteiger partial charge in [0.1, 0.15) is 0 Å². The minimum Gasteiger partial charge on any atom is -0.305 e. The summed E-state index contributed by atoms with van der Waals surface area (Å²) in [7, 11) is 0. The summed E-state index contributed by atoms with van der Waals surface area (Å²) >= 11 is 0. The summed E-state index contributed by atoms with van der Waals surface area (Å²) in [5, 5.41) is 7.32. The van der Waals surface area contributed by atoms with Crippen LogP contribution in [-0.2, 0) is 19.4 Å². The molecular formula is C22H24N4O. The highest BCUT2D eigenvalue weighted by molar-refractivity contribution is 6.03. The van der Waals surface area contributed by atoms with Gasteiger partial charge in [-0.05, 0) is 36.5 Å². The average molecular weight is 360 g/mol. The Morgan fingerprint density at radius 2 is 1.93 bits per heavy atom. The fourth-order valence-corrected chi connectivity index (χ4v) is 3.75. The van der Waals surface area contributed by atoms with Crippen molar-refractivity contribution in [2.75, 3.05) is 10.2 Å². The van der Waals surface area contributed by atoms with E-state index in [4.69, 9.17) is 0 Å². The maximum atomic E-state index is 13.1. The van der Waals surface area contributed by atoms with Crippen molar-refractivity contribution < 1.29 is 4.79 Å². The van der Waals surface area contributed by atoms with Crippen molar-refractivity contribution in [1.82, 2.24) is 9.78 Å². The molecule has 1 N–H and O–H groups in total. The Hall–Kier alpha value is -3.08. The van der Waals surface area contributed by atoms with Crippen molar-refractivity contribution in [2.24, 2.45) is 0 Å². The molecule has 2 heterocycles. The van der Waals surface area contributed by atoms with Gasteiger partial charge in [0.15, 0.2) is 0 Å². The minimum absolute atomic E-state index is 0.100. The van der Waals surface area contributed by atoms with Gasteiger partial charge in [-0.15, -0.1) is 0 Å². The first-order valence-corrected chi connectivity index (χ1v) is 9.49. The molecule has 0 radical (unpaired) electrons. The fraction of sp³-hybridized carbons (Fsp3) is 0.273. The molecule has 5 nitrogen and oxygen atoms in total. The molecule has 0 saturated heterocycles. The summed E-state index contributed by atoms with van der Waals surface area (Å²) in [6.07, 6.45) is 6.30. The Balaban J connectivity index is 1.56. The number of hydrogen-bond donors (Lipinski definition) is 1. The second-order valence-electron chi connectivity index (χ2n) is 6.97. The number of para-hydroxylation sites is 1. The van der Waals surface area contributed by atoms with Gasteiger partial charge in [-0.25, -0.2) is 4.79 Å². The number of aromatic nitrogens is 2. The van der Waals surface area contributed by atoms with E-state index >= 15 is 0 Å². The highest BCUT2D eigenvalue weighted by atomic mass is 16.2. The van der Waals surface area contributed by atoms with E-state index in [-0.39, 0.29) is 12.1 Å². The van der Waals surface area contributed by atoms with Crippen LogP contribution in [0.3, 0.4) is 0 Å². The number of anilines is 2. The van der Waals surface area contributed by atoms with Crippen molar-refractivity contribution in [3.8, 4) is 0 Å². The van der Waals surface area contributed by atoms with Crippen LogP contribution < -0.4 is 10.2 Å². The number of carbonyl (C=O) groups excluding carboxylic acids is 1. The number of benzene rings is 2. The standard InChI is InChI=1S/C22H24N4O/c1-2-12-25-16-19(15-23-25)24-22(27)26-20(13-17-8-4-3-5-9-17)14-18-10-6-7-11-21(18)26/h3-11,15-16,20H,2,12-14H2,1H3,(H,24,27). The number of hydrogen-bond acceptors (Lipinski definition) is 2. The second-order valence-corrected chi connectivity index (χ2v) is 6.97. The third kappa shape index (κ3) is 3.72. The highest BCUT2D eigenvalue weighted by Gasteiger charge is 2.33. The van der Waals surface area contributed by atoms with E-state index in [0.29, 0.717) is 0 Å². The Kier molecular flexibility index (Phi) is 4.92. The molecule has 27 heavy (non-hydrogen) atoms. The zero-order valence-electron chi connectivity index (χ0n) is 15.5. The normalized spacial score (nSPS) is 15.6. The SMILES string of the molecule is CCCn1cc(NC(=O)N2c3ccccc3CC2Cc2ccccc2)cn1. The molecule has 1 aliphatic rings. The highest BCUT2D eigenvalue weighted by Crippen LogP contribution is 2.34. The topological polar surface area (TPSA) is 50.2 Å². The average Bonchev–Trinajstić information content (AvgIpc) is 3.26. The number of amides is 2. The van der Waals surface area contributed by atoms with Crippen LogP contribution in [0.25, 0.3) is 0 Å². The lowest BCUT2D eigenvalue weighted by atomic mass is 10.0. The number of aryl methyl sites for hydroxylation is 1. The number of nitrogens with one attached hydrogen (secondary N) is 1. The van der Waals surface area contributed by atoms with E-state index in [0.717, 1.165) is 37.2 Å². The van der Waals surface area contributed by atoms with Gasteiger partial charge in [0, 0.05) is 24.5 Å². The van der Waals surface area contributed by atoms with Gasteiger partial charge in [0.2, 0.25) is 0 Å². The quantitative estimate of drug-likeness (QED) is 0.728. The summed E-state index contributed by atoms with van der Waals surface area (Å²) in [5.41, 5.74) is 4.19. The van der Waals surface area contributed by atoms with Crippen LogP contribution in [0.4, 0.5) is 16.2 Å². The van der Waals surface area contributed by atoms with Crippen molar-refractivity contribution in [2.45, 2.75) is 38.8 Å². The summed E-state index contributed by atoms with van der Waals surface area (Å²) in [6.45, 7) is 2.95.